The first-order chi connectivity index (χ1) is 17.3. The lowest BCUT2D eigenvalue weighted by atomic mass is 9.94. The minimum Gasteiger partial charge on any atom is -0.375 e. The van der Waals surface area contributed by atoms with E-state index in [2.05, 4.69) is 34.1 Å². The van der Waals surface area contributed by atoms with Crippen molar-refractivity contribution in [2.45, 2.75) is 58.7 Å². The van der Waals surface area contributed by atoms with E-state index in [1.807, 2.05) is 38.1 Å². The molecule has 1 atom stereocenters. The Morgan fingerprint density at radius 2 is 1.97 bits per heavy atom. The quantitative estimate of drug-likeness (QED) is 0.395. The van der Waals surface area contributed by atoms with Gasteiger partial charge in [0.1, 0.15) is 5.65 Å². The second-order valence-corrected chi connectivity index (χ2v) is 10.1. The zero-order valence-electron chi connectivity index (χ0n) is 20.9. The molecule has 0 amide bonds. The number of nitrogens with zero attached hydrogens (tertiary/aromatic N) is 5. The fraction of sp³-hybridized carbons (Fsp3) is 0.370. The van der Waals surface area contributed by atoms with Crippen LogP contribution < -0.4 is 10.9 Å². The smallest absolute Gasteiger partial charge is 0.260 e. The van der Waals surface area contributed by atoms with E-state index in [1.54, 1.807) is 23.2 Å². The van der Waals surface area contributed by atoms with Gasteiger partial charge in [0.15, 0.2) is 0 Å². The van der Waals surface area contributed by atoms with E-state index in [0.717, 1.165) is 35.2 Å². The monoisotopic (exact) mass is 504 g/mol. The van der Waals surface area contributed by atoms with Gasteiger partial charge in [-0.15, -0.1) is 0 Å². The van der Waals surface area contributed by atoms with Crippen LogP contribution in [-0.2, 0) is 11.3 Å². The standard InChI is InChI=1S/C27H29ClN6O2/c1-5-34-24-18(15-31-26(33-24)32-19-8-11-36-27(3,4)14-19)12-21(25(34)35)20-7-6-17(13-22(20)28)23-16(2)29-9-10-30-23/h6-7,9-10,12-13,15,19H,5,8,11,14H2,1-4H3,(H,31,32,33). The lowest BCUT2D eigenvalue weighted by Gasteiger charge is -2.35. The van der Waals surface area contributed by atoms with Crippen LogP contribution in [0.25, 0.3) is 33.4 Å². The third-order valence-corrected chi connectivity index (χ3v) is 6.90. The third-order valence-electron chi connectivity index (χ3n) is 6.59. The van der Waals surface area contributed by atoms with Gasteiger partial charge in [0.05, 0.1) is 17.0 Å². The Morgan fingerprint density at radius 1 is 1.17 bits per heavy atom. The predicted molar refractivity (Wildman–Crippen MR) is 142 cm³/mol. The van der Waals surface area contributed by atoms with Crippen LogP contribution in [0.1, 0.15) is 39.3 Å². The molecule has 0 aliphatic carbocycles. The van der Waals surface area contributed by atoms with Gasteiger partial charge in [-0.1, -0.05) is 23.7 Å². The highest BCUT2D eigenvalue weighted by Crippen LogP contribution is 2.32. The van der Waals surface area contributed by atoms with Gasteiger partial charge in [0.2, 0.25) is 5.95 Å². The number of ether oxygens (including phenoxy) is 1. The van der Waals surface area contributed by atoms with Crippen molar-refractivity contribution < 1.29 is 4.74 Å². The van der Waals surface area contributed by atoms with Crippen molar-refractivity contribution in [2.24, 2.45) is 0 Å². The molecule has 1 fully saturated rings. The Bertz CT molecular complexity index is 1500. The van der Waals surface area contributed by atoms with Gasteiger partial charge < -0.3 is 10.1 Å². The normalized spacial score (nSPS) is 17.3. The Balaban J connectivity index is 1.52. The van der Waals surface area contributed by atoms with Crippen molar-refractivity contribution in [3.63, 3.8) is 0 Å². The summed E-state index contributed by atoms with van der Waals surface area (Å²) in [5.74, 6) is 0.515. The van der Waals surface area contributed by atoms with Crippen LogP contribution in [0.3, 0.4) is 0 Å². The van der Waals surface area contributed by atoms with Crippen molar-refractivity contribution in [3.05, 3.63) is 63.9 Å². The van der Waals surface area contributed by atoms with Crippen LogP contribution >= 0.6 is 11.6 Å². The molecule has 0 radical (unpaired) electrons. The number of aromatic nitrogens is 5. The summed E-state index contributed by atoms with van der Waals surface area (Å²) in [6, 6.07) is 7.63. The molecular formula is C27H29ClN6O2. The number of aryl methyl sites for hydroxylation is 2. The molecule has 5 rings (SSSR count). The second-order valence-electron chi connectivity index (χ2n) is 9.71. The SMILES string of the molecule is CCn1c(=O)c(-c2ccc(-c3nccnc3C)cc2Cl)cc2cnc(NC3CCOC(C)(C)C3)nc21. The summed E-state index contributed by atoms with van der Waals surface area (Å²) in [6.45, 7) is 9.17. The van der Waals surface area contributed by atoms with Gasteiger partial charge in [-0.3, -0.25) is 19.3 Å². The van der Waals surface area contributed by atoms with E-state index in [4.69, 9.17) is 21.3 Å². The van der Waals surface area contributed by atoms with Crippen molar-refractivity contribution in [1.82, 2.24) is 24.5 Å². The van der Waals surface area contributed by atoms with Gasteiger partial charge in [-0.2, -0.15) is 4.98 Å². The number of hydrogen-bond donors (Lipinski definition) is 1. The second kappa shape index (κ2) is 9.59. The molecule has 1 aliphatic rings. The van der Waals surface area contributed by atoms with E-state index in [1.165, 1.54) is 0 Å². The van der Waals surface area contributed by atoms with Crippen molar-refractivity contribution in [2.75, 3.05) is 11.9 Å². The summed E-state index contributed by atoms with van der Waals surface area (Å²) < 4.78 is 7.48. The molecule has 1 N–H and O–H groups in total. The minimum atomic E-state index is -0.187. The average Bonchev–Trinajstić information content (AvgIpc) is 2.84. The number of halogens is 1. The molecule has 1 aromatic carbocycles. The molecule has 0 spiro atoms. The zero-order chi connectivity index (χ0) is 25.4. The fourth-order valence-corrected chi connectivity index (χ4v) is 5.11. The molecule has 8 nitrogen and oxygen atoms in total. The first-order valence-electron chi connectivity index (χ1n) is 12.1. The maximum Gasteiger partial charge on any atom is 0.260 e. The predicted octanol–water partition coefficient (Wildman–Crippen LogP) is 5.27. The first kappa shape index (κ1) is 24.3. The Labute approximate surface area is 214 Å². The number of fused-ring (bicyclic) bond motifs is 1. The number of rotatable bonds is 5. The van der Waals surface area contributed by atoms with Gasteiger partial charge in [0.25, 0.3) is 5.56 Å². The first-order valence-corrected chi connectivity index (χ1v) is 12.5. The summed E-state index contributed by atoms with van der Waals surface area (Å²) >= 11 is 6.69. The molecule has 186 valence electrons. The Hall–Kier alpha value is -3.36. The molecule has 3 aromatic heterocycles. The van der Waals surface area contributed by atoms with Crippen molar-refractivity contribution in [1.29, 1.82) is 0 Å². The Morgan fingerprint density at radius 3 is 2.69 bits per heavy atom. The molecule has 36 heavy (non-hydrogen) atoms. The third kappa shape index (κ3) is 4.70. The summed E-state index contributed by atoms with van der Waals surface area (Å²) in [5, 5.41) is 4.67. The molecular weight excluding hydrogens is 476 g/mol. The maximum absolute atomic E-state index is 13.5. The number of benzene rings is 1. The lowest BCUT2D eigenvalue weighted by Crippen LogP contribution is -2.40. The largest absolute Gasteiger partial charge is 0.375 e. The van der Waals surface area contributed by atoms with E-state index in [0.29, 0.717) is 40.9 Å². The number of pyridine rings is 1. The van der Waals surface area contributed by atoms with E-state index < -0.39 is 0 Å². The molecule has 0 saturated carbocycles. The minimum absolute atomic E-state index is 0.146. The van der Waals surface area contributed by atoms with Gasteiger partial charge in [-0.05, 0) is 52.7 Å². The van der Waals surface area contributed by atoms with Gasteiger partial charge in [0, 0.05) is 64.9 Å². The van der Waals surface area contributed by atoms with Crippen LogP contribution in [0.4, 0.5) is 5.95 Å². The molecule has 0 bridgehead atoms. The molecule has 1 aliphatic heterocycles. The number of anilines is 1. The maximum atomic E-state index is 13.5. The topological polar surface area (TPSA) is 94.8 Å². The molecule has 4 aromatic rings. The molecule has 4 heterocycles. The van der Waals surface area contributed by atoms with Crippen LogP contribution in [0, 0.1) is 6.92 Å². The van der Waals surface area contributed by atoms with Gasteiger partial charge >= 0.3 is 0 Å². The average molecular weight is 505 g/mol. The van der Waals surface area contributed by atoms with Gasteiger partial charge in [-0.25, -0.2) is 4.98 Å². The van der Waals surface area contributed by atoms with E-state index in [9.17, 15) is 4.79 Å². The zero-order valence-corrected chi connectivity index (χ0v) is 21.6. The van der Waals surface area contributed by atoms with E-state index in [-0.39, 0.29) is 17.2 Å². The van der Waals surface area contributed by atoms with Crippen LogP contribution in [0.5, 0.6) is 0 Å². The van der Waals surface area contributed by atoms with Crippen molar-refractivity contribution >= 4 is 28.6 Å². The summed E-state index contributed by atoms with van der Waals surface area (Å²) in [7, 11) is 0. The number of hydrogen-bond acceptors (Lipinski definition) is 7. The fourth-order valence-electron chi connectivity index (χ4n) is 4.82. The highest BCUT2D eigenvalue weighted by atomic mass is 35.5. The molecule has 9 heteroatoms. The molecule has 1 saturated heterocycles. The van der Waals surface area contributed by atoms with E-state index >= 15 is 0 Å². The summed E-state index contributed by atoms with van der Waals surface area (Å²) in [4.78, 5) is 31.5. The lowest BCUT2D eigenvalue weighted by molar-refractivity contribution is -0.0553. The van der Waals surface area contributed by atoms with Crippen LogP contribution in [0.15, 0.2) is 47.7 Å². The Kier molecular flexibility index (Phi) is 6.49. The number of nitrogens with one attached hydrogen (secondary N) is 1. The van der Waals surface area contributed by atoms with Crippen molar-refractivity contribution in [3.8, 4) is 22.4 Å². The van der Waals surface area contributed by atoms with Crippen LogP contribution in [-0.4, -0.2) is 42.8 Å². The molecule has 1 unspecified atom stereocenters. The van der Waals surface area contributed by atoms with Crippen LogP contribution in [0.2, 0.25) is 5.02 Å². The highest BCUT2D eigenvalue weighted by molar-refractivity contribution is 6.33. The summed E-state index contributed by atoms with van der Waals surface area (Å²) in [6.07, 6.45) is 6.81. The summed E-state index contributed by atoms with van der Waals surface area (Å²) in [5.41, 5.74) is 3.85. The highest BCUT2D eigenvalue weighted by Gasteiger charge is 2.29.